The van der Waals surface area contributed by atoms with E-state index in [9.17, 15) is 5.11 Å². The van der Waals surface area contributed by atoms with Crippen LogP contribution in [0, 0.1) is 6.92 Å². The van der Waals surface area contributed by atoms with E-state index in [1.54, 1.807) is 11.3 Å². The summed E-state index contributed by atoms with van der Waals surface area (Å²) >= 11 is 1.66. The van der Waals surface area contributed by atoms with Crippen LogP contribution < -0.4 is 5.32 Å². The van der Waals surface area contributed by atoms with Crippen molar-refractivity contribution < 1.29 is 5.11 Å². The standard InChI is InChI=1S/C14H16N2OS/c1-9-8-18-13(16-9)7-15-14-11-5-3-2-4-10(11)6-12(14)17/h2-5,8,12,14-15,17H,6-7H2,1H3/t12-,14+/m0/s1. The summed E-state index contributed by atoms with van der Waals surface area (Å²) in [6, 6.07) is 8.27. The zero-order valence-corrected chi connectivity index (χ0v) is 11.1. The Morgan fingerprint density at radius 2 is 2.28 bits per heavy atom. The van der Waals surface area contributed by atoms with Crippen LogP contribution in [0.25, 0.3) is 0 Å². The molecule has 0 fully saturated rings. The number of rotatable bonds is 3. The minimum absolute atomic E-state index is 0.0328. The fourth-order valence-electron chi connectivity index (χ4n) is 2.50. The first-order valence-corrected chi connectivity index (χ1v) is 7.02. The van der Waals surface area contributed by atoms with Crippen LogP contribution in [0.5, 0.6) is 0 Å². The number of thiazole rings is 1. The van der Waals surface area contributed by atoms with Gasteiger partial charge in [0.1, 0.15) is 5.01 Å². The van der Waals surface area contributed by atoms with Crippen molar-refractivity contribution >= 4 is 11.3 Å². The van der Waals surface area contributed by atoms with Gasteiger partial charge in [-0.25, -0.2) is 4.98 Å². The average molecular weight is 260 g/mol. The van der Waals surface area contributed by atoms with Gasteiger partial charge >= 0.3 is 0 Å². The molecule has 1 aliphatic rings. The van der Waals surface area contributed by atoms with Crippen molar-refractivity contribution in [3.63, 3.8) is 0 Å². The number of aliphatic hydroxyl groups excluding tert-OH is 1. The molecule has 0 spiro atoms. The van der Waals surface area contributed by atoms with Crippen LogP contribution in [-0.4, -0.2) is 16.2 Å². The number of aromatic nitrogens is 1. The van der Waals surface area contributed by atoms with Gasteiger partial charge in [-0.15, -0.1) is 11.3 Å². The van der Waals surface area contributed by atoms with E-state index >= 15 is 0 Å². The second-order valence-corrected chi connectivity index (χ2v) is 5.65. The van der Waals surface area contributed by atoms with Gasteiger partial charge in [-0.05, 0) is 18.1 Å². The Labute approximate surface area is 111 Å². The summed E-state index contributed by atoms with van der Waals surface area (Å²) in [4.78, 5) is 4.43. The summed E-state index contributed by atoms with van der Waals surface area (Å²) in [5.74, 6) is 0. The first-order chi connectivity index (χ1) is 8.74. The molecule has 2 atom stereocenters. The van der Waals surface area contributed by atoms with Gasteiger partial charge in [0.25, 0.3) is 0 Å². The molecule has 0 unspecified atom stereocenters. The van der Waals surface area contributed by atoms with Gasteiger partial charge in [-0.1, -0.05) is 24.3 Å². The molecule has 0 saturated carbocycles. The third-order valence-electron chi connectivity index (χ3n) is 3.34. The summed E-state index contributed by atoms with van der Waals surface area (Å²) in [6.45, 7) is 2.72. The lowest BCUT2D eigenvalue weighted by Crippen LogP contribution is -2.28. The highest BCUT2D eigenvalue weighted by atomic mass is 32.1. The van der Waals surface area contributed by atoms with E-state index in [1.165, 1.54) is 11.1 Å². The molecule has 1 aromatic carbocycles. The molecule has 3 nitrogen and oxygen atoms in total. The molecule has 0 bridgehead atoms. The molecule has 0 amide bonds. The second-order valence-electron chi connectivity index (χ2n) is 4.71. The van der Waals surface area contributed by atoms with Gasteiger partial charge in [-0.3, -0.25) is 0 Å². The van der Waals surface area contributed by atoms with Crippen LogP contribution in [-0.2, 0) is 13.0 Å². The normalized spacial score (nSPS) is 22.1. The van der Waals surface area contributed by atoms with Crippen LogP contribution in [0.3, 0.4) is 0 Å². The minimum atomic E-state index is -0.330. The van der Waals surface area contributed by atoms with E-state index in [-0.39, 0.29) is 12.1 Å². The molecule has 2 aromatic rings. The predicted molar refractivity (Wildman–Crippen MR) is 72.6 cm³/mol. The van der Waals surface area contributed by atoms with Gasteiger partial charge in [0, 0.05) is 24.0 Å². The van der Waals surface area contributed by atoms with E-state index in [1.807, 2.05) is 19.1 Å². The average Bonchev–Trinajstić information content (AvgIpc) is 2.90. The number of benzene rings is 1. The molecule has 0 saturated heterocycles. The Kier molecular flexibility index (Phi) is 3.16. The zero-order chi connectivity index (χ0) is 12.5. The fraction of sp³-hybridized carbons (Fsp3) is 0.357. The van der Waals surface area contributed by atoms with Crippen LogP contribution in [0.15, 0.2) is 29.6 Å². The molecule has 0 aliphatic heterocycles. The zero-order valence-electron chi connectivity index (χ0n) is 10.3. The predicted octanol–water partition coefficient (Wildman–Crippen LogP) is 2.20. The smallest absolute Gasteiger partial charge is 0.107 e. The number of aliphatic hydroxyl groups is 1. The molecule has 1 aromatic heterocycles. The number of fused-ring (bicyclic) bond motifs is 1. The third kappa shape index (κ3) is 2.19. The van der Waals surface area contributed by atoms with Crippen molar-refractivity contribution in [2.75, 3.05) is 0 Å². The molecule has 18 heavy (non-hydrogen) atoms. The molecule has 0 radical (unpaired) electrons. The largest absolute Gasteiger partial charge is 0.391 e. The maximum Gasteiger partial charge on any atom is 0.107 e. The Bertz CT molecular complexity index is 552. The second kappa shape index (κ2) is 4.80. The first-order valence-electron chi connectivity index (χ1n) is 6.14. The number of aryl methyl sites for hydroxylation is 1. The minimum Gasteiger partial charge on any atom is -0.391 e. The quantitative estimate of drug-likeness (QED) is 0.889. The number of nitrogens with one attached hydrogen (secondary N) is 1. The van der Waals surface area contributed by atoms with E-state index in [4.69, 9.17) is 0 Å². The molecule has 94 valence electrons. The number of hydrogen-bond donors (Lipinski definition) is 2. The Morgan fingerprint density at radius 1 is 1.44 bits per heavy atom. The molecule has 1 aliphatic carbocycles. The highest BCUT2D eigenvalue weighted by Crippen LogP contribution is 2.31. The van der Waals surface area contributed by atoms with Crippen molar-refractivity contribution in [3.05, 3.63) is 51.5 Å². The van der Waals surface area contributed by atoms with Crippen LogP contribution >= 0.6 is 11.3 Å². The van der Waals surface area contributed by atoms with Crippen LogP contribution in [0.4, 0.5) is 0 Å². The molecule has 2 N–H and O–H groups in total. The fourth-order valence-corrected chi connectivity index (χ4v) is 3.22. The van der Waals surface area contributed by atoms with E-state index < -0.39 is 0 Å². The topological polar surface area (TPSA) is 45.1 Å². The Hall–Kier alpha value is -1.23. The lowest BCUT2D eigenvalue weighted by Gasteiger charge is -2.17. The first kappa shape index (κ1) is 11.8. The molecular weight excluding hydrogens is 244 g/mol. The lowest BCUT2D eigenvalue weighted by molar-refractivity contribution is 0.140. The highest BCUT2D eigenvalue weighted by Gasteiger charge is 2.30. The third-order valence-corrected chi connectivity index (χ3v) is 4.31. The maximum atomic E-state index is 10.1. The van der Waals surface area contributed by atoms with E-state index in [0.29, 0.717) is 6.54 Å². The van der Waals surface area contributed by atoms with Crippen molar-refractivity contribution in [2.24, 2.45) is 0 Å². The van der Waals surface area contributed by atoms with Crippen LogP contribution in [0.2, 0.25) is 0 Å². The van der Waals surface area contributed by atoms with E-state index in [2.05, 4.69) is 27.8 Å². The van der Waals surface area contributed by atoms with Gasteiger partial charge < -0.3 is 10.4 Å². The van der Waals surface area contributed by atoms with Gasteiger partial charge in [-0.2, -0.15) is 0 Å². The van der Waals surface area contributed by atoms with Gasteiger partial charge in [0.15, 0.2) is 0 Å². The van der Waals surface area contributed by atoms with Crippen LogP contribution in [0.1, 0.15) is 27.9 Å². The van der Waals surface area contributed by atoms with Gasteiger partial charge in [0.05, 0.1) is 12.1 Å². The lowest BCUT2D eigenvalue weighted by atomic mass is 10.1. The van der Waals surface area contributed by atoms with Crippen molar-refractivity contribution in [1.29, 1.82) is 0 Å². The summed E-state index contributed by atoms with van der Waals surface area (Å²) in [6.07, 6.45) is 0.411. The highest BCUT2D eigenvalue weighted by molar-refractivity contribution is 7.09. The summed E-state index contributed by atoms with van der Waals surface area (Å²) in [7, 11) is 0. The van der Waals surface area contributed by atoms with Gasteiger partial charge in [0.2, 0.25) is 0 Å². The van der Waals surface area contributed by atoms with Crippen molar-refractivity contribution in [3.8, 4) is 0 Å². The Balaban J connectivity index is 1.73. The Morgan fingerprint density at radius 3 is 3.06 bits per heavy atom. The SMILES string of the molecule is Cc1csc(CN[C@@H]2c3ccccc3C[C@@H]2O)n1. The summed E-state index contributed by atoms with van der Waals surface area (Å²) in [5.41, 5.74) is 3.53. The number of nitrogens with zero attached hydrogens (tertiary/aromatic N) is 1. The molecule has 4 heteroatoms. The summed E-state index contributed by atoms with van der Waals surface area (Å²) in [5, 5.41) is 16.7. The molecule has 3 rings (SSSR count). The maximum absolute atomic E-state index is 10.1. The molecule has 1 heterocycles. The van der Waals surface area contributed by atoms with Crippen molar-refractivity contribution in [1.82, 2.24) is 10.3 Å². The monoisotopic (exact) mass is 260 g/mol. The summed E-state index contributed by atoms with van der Waals surface area (Å²) < 4.78 is 0. The van der Waals surface area contributed by atoms with E-state index in [0.717, 1.165) is 17.1 Å². The van der Waals surface area contributed by atoms with Crippen molar-refractivity contribution in [2.45, 2.75) is 32.0 Å². The number of hydrogen-bond acceptors (Lipinski definition) is 4. The molecular formula is C14H16N2OS.